The number of nitrogens with zero attached hydrogens (tertiary/aromatic N) is 4. The minimum atomic E-state index is -0.112. The third-order valence-corrected chi connectivity index (χ3v) is 12.5. The molecule has 11 aromatic rings. The van der Waals surface area contributed by atoms with Crippen molar-refractivity contribution in [2.75, 3.05) is 0 Å². The van der Waals surface area contributed by atoms with Crippen LogP contribution in [-0.2, 0) is 5.41 Å². The molecule has 0 spiro atoms. The average molecular weight is 755 g/mol. The molecule has 59 heavy (non-hydrogen) atoms. The largest absolute Gasteiger partial charge is 0.307 e. The molecule has 0 bridgehead atoms. The molecule has 4 heteroatoms. The molecular formula is C55H38N4. The lowest BCUT2D eigenvalue weighted by Crippen LogP contribution is -2.15. The topological polar surface area (TPSA) is 35.6 Å². The Morgan fingerprint density at radius 3 is 1.47 bits per heavy atom. The third-order valence-electron chi connectivity index (χ3n) is 12.5. The van der Waals surface area contributed by atoms with Gasteiger partial charge in [0.05, 0.1) is 33.5 Å². The van der Waals surface area contributed by atoms with E-state index in [2.05, 4.69) is 205 Å². The van der Waals surface area contributed by atoms with E-state index in [4.69, 9.17) is 9.97 Å². The number of benzene rings is 8. The van der Waals surface area contributed by atoms with Crippen molar-refractivity contribution < 1.29 is 0 Å². The van der Waals surface area contributed by atoms with Crippen LogP contribution in [0.1, 0.15) is 25.0 Å². The van der Waals surface area contributed by atoms with E-state index in [0.717, 1.165) is 33.8 Å². The molecule has 0 saturated heterocycles. The molecule has 0 radical (unpaired) electrons. The molecule has 0 saturated carbocycles. The van der Waals surface area contributed by atoms with Gasteiger partial charge in [0.15, 0.2) is 5.82 Å². The summed E-state index contributed by atoms with van der Waals surface area (Å²) in [6, 6.07) is 69.9. The monoisotopic (exact) mass is 754 g/mol. The number of para-hydroxylation sites is 2. The van der Waals surface area contributed by atoms with Crippen molar-refractivity contribution >= 4 is 43.6 Å². The van der Waals surface area contributed by atoms with Crippen molar-refractivity contribution in [1.29, 1.82) is 0 Å². The Morgan fingerprint density at radius 2 is 0.864 bits per heavy atom. The van der Waals surface area contributed by atoms with Gasteiger partial charge in [-0.15, -0.1) is 0 Å². The number of hydrogen-bond acceptors (Lipinski definition) is 2. The van der Waals surface area contributed by atoms with Gasteiger partial charge in [-0.1, -0.05) is 153 Å². The molecule has 8 aromatic carbocycles. The maximum atomic E-state index is 5.13. The van der Waals surface area contributed by atoms with E-state index in [1.165, 1.54) is 71.6 Å². The molecule has 1 aliphatic carbocycles. The summed E-state index contributed by atoms with van der Waals surface area (Å²) in [6.07, 6.45) is 0. The second-order valence-corrected chi connectivity index (χ2v) is 16.2. The fourth-order valence-electron chi connectivity index (χ4n) is 9.72. The van der Waals surface area contributed by atoms with Crippen molar-refractivity contribution in [3.05, 3.63) is 205 Å². The maximum Gasteiger partial charge on any atom is 0.160 e. The number of rotatable bonds is 5. The quantitative estimate of drug-likeness (QED) is 0.175. The predicted molar refractivity (Wildman–Crippen MR) is 245 cm³/mol. The predicted octanol–water partition coefficient (Wildman–Crippen LogP) is 14.0. The minimum Gasteiger partial charge on any atom is -0.307 e. The van der Waals surface area contributed by atoms with E-state index in [0.29, 0.717) is 5.82 Å². The van der Waals surface area contributed by atoms with E-state index >= 15 is 0 Å². The highest BCUT2D eigenvalue weighted by Crippen LogP contribution is 2.50. The van der Waals surface area contributed by atoms with Crippen LogP contribution in [0.5, 0.6) is 0 Å². The lowest BCUT2D eigenvalue weighted by molar-refractivity contribution is 0.660. The summed E-state index contributed by atoms with van der Waals surface area (Å²) >= 11 is 0. The van der Waals surface area contributed by atoms with E-state index in [-0.39, 0.29) is 5.41 Å². The van der Waals surface area contributed by atoms with E-state index in [1.54, 1.807) is 0 Å². The number of hydrogen-bond donors (Lipinski definition) is 0. The molecule has 0 unspecified atom stereocenters. The van der Waals surface area contributed by atoms with Gasteiger partial charge in [0.25, 0.3) is 0 Å². The van der Waals surface area contributed by atoms with Gasteiger partial charge in [0.2, 0.25) is 0 Å². The van der Waals surface area contributed by atoms with Gasteiger partial charge in [0, 0.05) is 55.0 Å². The van der Waals surface area contributed by atoms with Crippen LogP contribution in [0.3, 0.4) is 0 Å². The Hall–Kier alpha value is -7.56. The molecule has 3 heterocycles. The van der Waals surface area contributed by atoms with Crippen molar-refractivity contribution in [1.82, 2.24) is 19.1 Å². The first-order valence-corrected chi connectivity index (χ1v) is 20.3. The second kappa shape index (κ2) is 12.7. The second-order valence-electron chi connectivity index (χ2n) is 16.2. The summed E-state index contributed by atoms with van der Waals surface area (Å²) in [4.78, 5) is 10.3. The maximum absolute atomic E-state index is 5.13. The van der Waals surface area contributed by atoms with Crippen LogP contribution in [0.25, 0.3) is 100 Å². The van der Waals surface area contributed by atoms with Crippen LogP contribution in [0, 0.1) is 0 Å². The normalized spacial score (nSPS) is 13.1. The van der Waals surface area contributed by atoms with Gasteiger partial charge < -0.3 is 9.13 Å². The van der Waals surface area contributed by atoms with Gasteiger partial charge >= 0.3 is 0 Å². The van der Waals surface area contributed by atoms with E-state index in [1.807, 2.05) is 12.1 Å². The first-order chi connectivity index (χ1) is 29.0. The van der Waals surface area contributed by atoms with Gasteiger partial charge in [-0.25, -0.2) is 9.97 Å². The summed E-state index contributed by atoms with van der Waals surface area (Å²) in [5.74, 6) is 0.697. The molecule has 1 aliphatic rings. The van der Waals surface area contributed by atoms with Crippen LogP contribution >= 0.6 is 0 Å². The summed E-state index contributed by atoms with van der Waals surface area (Å²) < 4.78 is 4.96. The summed E-state index contributed by atoms with van der Waals surface area (Å²) in [5.41, 5.74) is 17.2. The van der Waals surface area contributed by atoms with Crippen LogP contribution in [0.15, 0.2) is 194 Å². The Kier molecular flexibility index (Phi) is 7.24. The minimum absolute atomic E-state index is 0.112. The van der Waals surface area contributed by atoms with Gasteiger partial charge in [-0.3, -0.25) is 0 Å². The SMILES string of the molecule is CC1(C)c2ccccc2-c2ccc(-n3c4ccccc4c4ccc5c6ccccc6n(-c6ccc(-c7nc(-c8ccccc8)cc(-c8ccccc8)n7)cc6)c5c43)cc21. The molecule has 3 aromatic heterocycles. The molecule has 0 aliphatic heterocycles. The molecule has 0 fully saturated rings. The molecule has 12 rings (SSSR count). The highest BCUT2D eigenvalue weighted by Gasteiger charge is 2.35. The van der Waals surface area contributed by atoms with Crippen molar-refractivity contribution in [2.45, 2.75) is 19.3 Å². The van der Waals surface area contributed by atoms with Crippen LogP contribution in [0.2, 0.25) is 0 Å². The fourth-order valence-corrected chi connectivity index (χ4v) is 9.72. The highest BCUT2D eigenvalue weighted by molar-refractivity contribution is 6.23. The zero-order valence-corrected chi connectivity index (χ0v) is 32.8. The standard InChI is InChI=1S/C55H38N4/c1-55(2)46-22-12-9-19-40(46)41-30-29-39(33-47(41)55)59-51-24-14-11-21-43(51)45-32-31-44-42-20-10-13-23-50(42)58(52(44)53(45)59)38-27-25-37(26-28-38)54-56-48(35-15-5-3-6-16-35)34-49(57-54)36-17-7-4-8-18-36/h3-34H,1-2H3. The molecule has 278 valence electrons. The van der Waals surface area contributed by atoms with Crippen LogP contribution in [-0.4, -0.2) is 19.1 Å². The smallest absolute Gasteiger partial charge is 0.160 e. The van der Waals surface area contributed by atoms with Gasteiger partial charge in [0.1, 0.15) is 0 Å². The van der Waals surface area contributed by atoms with Crippen LogP contribution in [0.4, 0.5) is 0 Å². The Morgan fingerprint density at radius 1 is 0.373 bits per heavy atom. The van der Waals surface area contributed by atoms with Crippen molar-refractivity contribution in [3.63, 3.8) is 0 Å². The Labute approximate surface area is 342 Å². The first kappa shape index (κ1) is 33.6. The third kappa shape index (κ3) is 5.03. The molecule has 0 atom stereocenters. The molecule has 0 N–H and O–H groups in total. The summed E-state index contributed by atoms with van der Waals surface area (Å²) in [7, 11) is 0. The van der Waals surface area contributed by atoms with Crippen molar-refractivity contribution in [2.24, 2.45) is 0 Å². The fraction of sp³-hybridized carbons (Fsp3) is 0.0545. The molecule has 4 nitrogen and oxygen atoms in total. The average Bonchev–Trinajstić information content (AvgIpc) is 3.90. The lowest BCUT2D eigenvalue weighted by Gasteiger charge is -2.22. The van der Waals surface area contributed by atoms with E-state index in [9.17, 15) is 0 Å². The number of aromatic nitrogens is 4. The first-order valence-electron chi connectivity index (χ1n) is 20.3. The summed E-state index contributed by atoms with van der Waals surface area (Å²) in [5, 5.41) is 4.92. The van der Waals surface area contributed by atoms with Crippen LogP contribution < -0.4 is 0 Å². The van der Waals surface area contributed by atoms with Crippen molar-refractivity contribution in [3.8, 4) is 56.4 Å². The molecular weight excluding hydrogens is 717 g/mol. The van der Waals surface area contributed by atoms with E-state index < -0.39 is 0 Å². The Bertz CT molecular complexity index is 3390. The zero-order valence-electron chi connectivity index (χ0n) is 32.8. The number of fused-ring (bicyclic) bond motifs is 10. The molecule has 0 amide bonds. The van der Waals surface area contributed by atoms with Gasteiger partial charge in [-0.05, 0) is 76.9 Å². The lowest BCUT2D eigenvalue weighted by atomic mass is 9.82. The Balaban J connectivity index is 1.08. The highest BCUT2D eigenvalue weighted by atomic mass is 15.0. The summed E-state index contributed by atoms with van der Waals surface area (Å²) in [6.45, 7) is 4.72. The zero-order chi connectivity index (χ0) is 39.2. The van der Waals surface area contributed by atoms with Gasteiger partial charge in [-0.2, -0.15) is 0 Å².